The van der Waals surface area contributed by atoms with Gasteiger partial charge in [-0.2, -0.15) is 0 Å². The Hall–Kier alpha value is -3.60. The van der Waals surface area contributed by atoms with Crippen LogP contribution in [0.15, 0.2) is 42.5 Å². The lowest BCUT2D eigenvalue weighted by Crippen LogP contribution is -2.22. The normalized spacial score (nSPS) is 15.9. The van der Waals surface area contributed by atoms with Crippen LogP contribution in [0.1, 0.15) is 133 Å². The minimum Gasteiger partial charge on any atom is -0.507 e. The summed E-state index contributed by atoms with van der Waals surface area (Å²) in [4.78, 5) is 26.7. The average Bonchev–Trinajstić information content (AvgIpc) is 3.15. The summed E-state index contributed by atoms with van der Waals surface area (Å²) in [5, 5.41) is 22.4. The highest BCUT2D eigenvalue weighted by Gasteiger charge is 2.40. The molecule has 42 heavy (non-hydrogen) atoms. The summed E-state index contributed by atoms with van der Waals surface area (Å²) >= 11 is 0. The monoisotopic (exact) mass is 570 g/mol. The third-order valence-corrected chi connectivity index (χ3v) is 8.22. The number of rotatable bonds is 3. The van der Waals surface area contributed by atoms with E-state index in [0.29, 0.717) is 33.6 Å². The van der Waals surface area contributed by atoms with Crippen molar-refractivity contribution in [2.45, 2.75) is 111 Å². The van der Waals surface area contributed by atoms with Crippen LogP contribution in [-0.4, -0.2) is 22.2 Å². The number of carbonyl (C=O) groups is 2. The smallest absolute Gasteiger partial charge is 0.336 e. The molecule has 5 heteroatoms. The Morgan fingerprint density at radius 3 is 1.71 bits per heavy atom. The van der Waals surface area contributed by atoms with Crippen LogP contribution in [0.2, 0.25) is 0 Å². The molecular formula is C37H46O5. The molecule has 0 radical (unpaired) electrons. The van der Waals surface area contributed by atoms with Crippen molar-refractivity contribution in [3.05, 3.63) is 81.4 Å². The van der Waals surface area contributed by atoms with E-state index < -0.39 is 28.7 Å². The number of aromatic carboxylic acids is 1. The van der Waals surface area contributed by atoms with Crippen LogP contribution in [-0.2, 0) is 26.5 Å². The van der Waals surface area contributed by atoms with Crippen molar-refractivity contribution in [3.63, 3.8) is 0 Å². The van der Waals surface area contributed by atoms with Crippen molar-refractivity contribution in [1.82, 2.24) is 0 Å². The number of aromatic hydroxyl groups is 1. The maximum Gasteiger partial charge on any atom is 0.336 e. The van der Waals surface area contributed by atoms with Gasteiger partial charge in [0.2, 0.25) is 0 Å². The summed E-state index contributed by atoms with van der Waals surface area (Å²) < 4.78 is 5.82. The fourth-order valence-electron chi connectivity index (χ4n) is 5.84. The number of carbonyl (C=O) groups excluding carboxylic acids is 1. The molecule has 5 nitrogen and oxygen atoms in total. The molecule has 4 rings (SSSR count). The van der Waals surface area contributed by atoms with Gasteiger partial charge < -0.3 is 14.9 Å². The Balaban J connectivity index is 2.18. The molecule has 0 saturated carbocycles. The lowest BCUT2D eigenvalue weighted by Gasteiger charge is -2.32. The SMILES string of the molecule is CC(C)(C)c1ccc2c(c1)C(c1cc(C(C)(C)C)ccc1-c1c(C(=O)O)cc(C(C)(C)C)c(O)c1C(C)(C)C)C(=O)O2. The molecule has 0 fully saturated rings. The van der Waals surface area contributed by atoms with Crippen molar-refractivity contribution >= 4 is 11.9 Å². The van der Waals surface area contributed by atoms with Crippen molar-refractivity contribution in [2.75, 3.05) is 0 Å². The molecule has 0 aliphatic carbocycles. The number of hydrogen-bond acceptors (Lipinski definition) is 4. The number of ether oxygens (including phenoxy) is 1. The zero-order chi connectivity index (χ0) is 31.7. The summed E-state index contributed by atoms with van der Waals surface area (Å²) in [5.41, 5.74) is 4.31. The lowest BCUT2D eigenvalue weighted by atomic mass is 9.72. The van der Waals surface area contributed by atoms with Crippen molar-refractivity contribution in [3.8, 4) is 22.6 Å². The molecule has 1 heterocycles. The predicted octanol–water partition coefficient (Wildman–Crippen LogP) is 9.00. The topological polar surface area (TPSA) is 83.8 Å². The fraction of sp³-hybridized carbons (Fsp3) is 0.459. The second-order valence-corrected chi connectivity index (χ2v) is 15.8. The second-order valence-electron chi connectivity index (χ2n) is 15.8. The molecule has 2 N–H and O–H groups in total. The van der Waals surface area contributed by atoms with Gasteiger partial charge in [-0.1, -0.05) is 113 Å². The second kappa shape index (κ2) is 10.00. The molecule has 0 amide bonds. The number of carboxylic acids is 1. The first-order valence-electron chi connectivity index (χ1n) is 14.7. The Kier molecular flexibility index (Phi) is 7.46. The van der Waals surface area contributed by atoms with Crippen LogP contribution in [0, 0.1) is 0 Å². The van der Waals surface area contributed by atoms with E-state index in [9.17, 15) is 19.8 Å². The van der Waals surface area contributed by atoms with Gasteiger partial charge in [-0.15, -0.1) is 0 Å². The van der Waals surface area contributed by atoms with Gasteiger partial charge in [-0.05, 0) is 56.0 Å². The third-order valence-electron chi connectivity index (χ3n) is 8.22. The van der Waals surface area contributed by atoms with Gasteiger partial charge in [0, 0.05) is 22.3 Å². The Morgan fingerprint density at radius 1 is 0.714 bits per heavy atom. The van der Waals surface area contributed by atoms with Crippen LogP contribution < -0.4 is 4.74 Å². The van der Waals surface area contributed by atoms with E-state index in [-0.39, 0.29) is 22.1 Å². The highest BCUT2D eigenvalue weighted by atomic mass is 16.5. The first kappa shape index (κ1) is 31.3. The third kappa shape index (κ3) is 5.58. The predicted molar refractivity (Wildman–Crippen MR) is 169 cm³/mol. The molecule has 1 atom stereocenters. The van der Waals surface area contributed by atoms with Gasteiger partial charge >= 0.3 is 11.9 Å². The molecule has 0 aromatic heterocycles. The van der Waals surface area contributed by atoms with Crippen LogP contribution in [0.5, 0.6) is 11.5 Å². The molecule has 1 aliphatic heterocycles. The van der Waals surface area contributed by atoms with Gasteiger partial charge in [0.25, 0.3) is 0 Å². The molecule has 1 aliphatic rings. The van der Waals surface area contributed by atoms with Gasteiger partial charge in [0.1, 0.15) is 17.4 Å². The van der Waals surface area contributed by atoms with Gasteiger partial charge in [0.15, 0.2) is 0 Å². The van der Waals surface area contributed by atoms with E-state index >= 15 is 0 Å². The summed E-state index contributed by atoms with van der Waals surface area (Å²) in [7, 11) is 0. The van der Waals surface area contributed by atoms with Gasteiger partial charge in [-0.3, -0.25) is 4.79 Å². The van der Waals surface area contributed by atoms with Crippen LogP contribution >= 0.6 is 0 Å². The first-order chi connectivity index (χ1) is 19.0. The number of phenolic OH excluding ortho intramolecular Hbond substituents is 1. The zero-order valence-electron chi connectivity index (χ0n) is 27.2. The lowest BCUT2D eigenvalue weighted by molar-refractivity contribution is -0.133. The number of benzene rings is 3. The molecule has 1 unspecified atom stereocenters. The molecule has 3 aromatic rings. The number of phenols is 1. The number of esters is 1. The quantitative estimate of drug-likeness (QED) is 0.242. The Morgan fingerprint density at radius 2 is 1.24 bits per heavy atom. The van der Waals surface area contributed by atoms with Crippen molar-refractivity contribution < 1.29 is 24.5 Å². The summed E-state index contributed by atoms with van der Waals surface area (Å²) in [6.07, 6.45) is 0. The van der Waals surface area contributed by atoms with Gasteiger partial charge in [0.05, 0.1) is 5.56 Å². The van der Waals surface area contributed by atoms with Crippen LogP contribution in [0.3, 0.4) is 0 Å². The highest BCUT2D eigenvalue weighted by Crippen LogP contribution is 2.51. The maximum atomic E-state index is 13.7. The Labute approximate surface area is 250 Å². The summed E-state index contributed by atoms with van der Waals surface area (Å²) in [6.45, 7) is 24.5. The molecule has 0 spiro atoms. The zero-order valence-corrected chi connectivity index (χ0v) is 27.2. The van der Waals surface area contributed by atoms with E-state index in [0.717, 1.165) is 16.7 Å². The van der Waals surface area contributed by atoms with Crippen LogP contribution in [0.4, 0.5) is 0 Å². The average molecular weight is 571 g/mol. The fourth-order valence-corrected chi connectivity index (χ4v) is 5.84. The minimum absolute atomic E-state index is 0.0882. The van der Waals surface area contributed by atoms with E-state index in [4.69, 9.17) is 4.74 Å². The number of hydrogen-bond donors (Lipinski definition) is 2. The number of carboxylic acid groups (broad SMARTS) is 1. The minimum atomic E-state index is -1.09. The van der Waals surface area contributed by atoms with Gasteiger partial charge in [-0.25, -0.2) is 4.79 Å². The molecule has 0 saturated heterocycles. The molecule has 224 valence electrons. The Bertz CT molecular complexity index is 1580. The van der Waals surface area contributed by atoms with Crippen molar-refractivity contribution in [2.24, 2.45) is 0 Å². The van der Waals surface area contributed by atoms with E-state index in [1.54, 1.807) is 6.07 Å². The van der Waals surface area contributed by atoms with E-state index in [1.807, 2.05) is 77.9 Å². The molecular weight excluding hydrogens is 524 g/mol. The highest BCUT2D eigenvalue weighted by molar-refractivity contribution is 6.01. The van der Waals surface area contributed by atoms with Crippen LogP contribution in [0.25, 0.3) is 11.1 Å². The molecule has 3 aromatic carbocycles. The van der Waals surface area contributed by atoms with E-state index in [2.05, 4.69) is 41.5 Å². The maximum absolute atomic E-state index is 13.7. The first-order valence-corrected chi connectivity index (χ1v) is 14.7. The standard InChI is InChI=1S/C37H46O5/c1-34(2,3)20-13-15-22(23(17-20)29-24-18-21(35(4,5)6)14-16-27(24)42-33(29)41)28-25(32(39)40)19-26(36(7,8)9)31(38)30(28)37(10,11)12/h13-19,29,38H,1-12H3,(H,39,40). The summed E-state index contributed by atoms with van der Waals surface area (Å²) in [5.74, 6) is -1.63. The molecule has 0 bridgehead atoms. The largest absolute Gasteiger partial charge is 0.507 e. The number of fused-ring (bicyclic) bond motifs is 1. The van der Waals surface area contributed by atoms with E-state index in [1.165, 1.54) is 0 Å². The summed E-state index contributed by atoms with van der Waals surface area (Å²) in [6, 6.07) is 13.4. The van der Waals surface area contributed by atoms with Crippen molar-refractivity contribution in [1.29, 1.82) is 0 Å².